The third-order valence-electron chi connectivity index (χ3n) is 3.25. The van der Waals surface area contributed by atoms with Gasteiger partial charge in [0, 0.05) is 41.9 Å². The van der Waals surface area contributed by atoms with Gasteiger partial charge < -0.3 is 15.7 Å². The second-order valence-corrected chi connectivity index (χ2v) is 6.19. The van der Waals surface area contributed by atoms with Crippen molar-refractivity contribution in [1.29, 1.82) is 0 Å². The molecule has 1 heterocycles. The molecule has 1 aromatic heterocycles. The minimum Gasteiger partial charge on any atom is -0.387 e. The number of hydrogen-bond donors (Lipinski definition) is 3. The third-order valence-corrected chi connectivity index (χ3v) is 3.69. The number of nitrogens with zero attached hydrogens (tertiary/aromatic N) is 3. The number of aliphatic hydroxyl groups excluding tert-OH is 1. The molecule has 130 valence electrons. The van der Waals surface area contributed by atoms with E-state index in [9.17, 15) is 5.11 Å². The van der Waals surface area contributed by atoms with E-state index in [4.69, 9.17) is 23.2 Å². The van der Waals surface area contributed by atoms with E-state index >= 15 is 0 Å². The molecule has 2 aromatic rings. The number of benzene rings is 1. The highest BCUT2D eigenvalue weighted by Gasteiger charge is 2.10. The first kappa shape index (κ1) is 18.6. The second kappa shape index (κ2) is 8.92. The van der Waals surface area contributed by atoms with E-state index in [1.165, 1.54) is 0 Å². The number of aromatic nitrogens is 2. The van der Waals surface area contributed by atoms with Gasteiger partial charge in [-0.05, 0) is 30.7 Å². The quantitative estimate of drug-likeness (QED) is 0.540. The van der Waals surface area contributed by atoms with Gasteiger partial charge in [0.15, 0.2) is 5.96 Å². The maximum Gasteiger partial charge on any atom is 0.191 e. The normalized spacial score (nSPS) is 13.0. The number of aliphatic imine (C=N–C) groups is 1. The average molecular weight is 370 g/mol. The average Bonchev–Trinajstić information content (AvgIpc) is 2.94. The molecule has 2 rings (SSSR count). The predicted molar refractivity (Wildman–Crippen MR) is 97.4 cm³/mol. The molecule has 1 unspecified atom stereocenters. The van der Waals surface area contributed by atoms with Crippen LogP contribution >= 0.6 is 23.2 Å². The fraction of sp³-hybridized carbons (Fsp3) is 0.375. The second-order valence-electron chi connectivity index (χ2n) is 5.32. The molecule has 0 spiro atoms. The lowest BCUT2D eigenvalue weighted by molar-refractivity contribution is 0.181. The number of aliphatic hydroxyl groups is 1. The number of nitrogens with one attached hydrogen (secondary N) is 2. The van der Waals surface area contributed by atoms with Crippen molar-refractivity contribution in [3.05, 3.63) is 51.8 Å². The lowest BCUT2D eigenvalue weighted by Crippen LogP contribution is -2.39. The van der Waals surface area contributed by atoms with Crippen molar-refractivity contribution < 1.29 is 5.11 Å². The zero-order valence-corrected chi connectivity index (χ0v) is 15.1. The van der Waals surface area contributed by atoms with Crippen molar-refractivity contribution in [3.63, 3.8) is 0 Å². The first-order valence-corrected chi connectivity index (χ1v) is 8.37. The predicted octanol–water partition coefficient (Wildman–Crippen LogP) is 2.52. The van der Waals surface area contributed by atoms with E-state index in [0.717, 1.165) is 12.1 Å². The standard InChI is InChI=1S/C16H21Cl2N5O/c1-3-19-16(20-7-11-8-22-23(2)10-11)21-9-15(24)12-4-13(17)6-14(18)5-12/h4-6,8,10,15,24H,3,7,9H2,1-2H3,(H2,19,20,21). The van der Waals surface area contributed by atoms with Crippen LogP contribution < -0.4 is 10.6 Å². The number of guanidine groups is 1. The van der Waals surface area contributed by atoms with E-state index in [0.29, 0.717) is 28.1 Å². The zero-order valence-electron chi connectivity index (χ0n) is 13.6. The molecule has 0 aliphatic carbocycles. The molecule has 1 atom stereocenters. The van der Waals surface area contributed by atoms with Gasteiger partial charge in [-0.2, -0.15) is 5.10 Å². The molecule has 1 aromatic carbocycles. The van der Waals surface area contributed by atoms with Gasteiger partial charge in [0.1, 0.15) is 0 Å². The van der Waals surface area contributed by atoms with Crippen molar-refractivity contribution in [1.82, 2.24) is 20.4 Å². The Kier molecular flexibility index (Phi) is 6.90. The Balaban J connectivity index is 1.97. The van der Waals surface area contributed by atoms with Crippen molar-refractivity contribution in [2.24, 2.45) is 12.0 Å². The molecule has 0 aliphatic rings. The summed E-state index contributed by atoms with van der Waals surface area (Å²) in [5, 5.41) is 21.6. The highest BCUT2D eigenvalue weighted by atomic mass is 35.5. The molecule has 0 saturated carbocycles. The molecule has 3 N–H and O–H groups in total. The minimum atomic E-state index is -0.747. The van der Waals surface area contributed by atoms with Crippen molar-refractivity contribution in [2.45, 2.75) is 19.6 Å². The Morgan fingerprint density at radius 1 is 1.29 bits per heavy atom. The molecule has 0 amide bonds. The lowest BCUT2D eigenvalue weighted by atomic mass is 10.1. The summed E-state index contributed by atoms with van der Waals surface area (Å²) in [5.41, 5.74) is 1.67. The summed E-state index contributed by atoms with van der Waals surface area (Å²) in [6.07, 6.45) is 2.94. The van der Waals surface area contributed by atoms with Crippen LogP contribution in [0.15, 0.2) is 35.6 Å². The van der Waals surface area contributed by atoms with E-state index in [1.807, 2.05) is 20.2 Å². The highest BCUT2D eigenvalue weighted by Crippen LogP contribution is 2.23. The maximum atomic E-state index is 10.3. The van der Waals surface area contributed by atoms with Gasteiger partial charge in [-0.25, -0.2) is 4.99 Å². The molecule has 0 radical (unpaired) electrons. The van der Waals surface area contributed by atoms with Gasteiger partial charge in [0.2, 0.25) is 0 Å². The van der Waals surface area contributed by atoms with Crippen LogP contribution in [0.5, 0.6) is 0 Å². The zero-order chi connectivity index (χ0) is 17.5. The Morgan fingerprint density at radius 3 is 2.58 bits per heavy atom. The van der Waals surface area contributed by atoms with E-state index < -0.39 is 6.10 Å². The van der Waals surface area contributed by atoms with Crippen LogP contribution in [0, 0.1) is 0 Å². The fourth-order valence-corrected chi connectivity index (χ4v) is 2.69. The van der Waals surface area contributed by atoms with E-state index in [1.54, 1.807) is 29.1 Å². The summed E-state index contributed by atoms with van der Waals surface area (Å²) in [6.45, 7) is 3.49. The first-order chi connectivity index (χ1) is 11.5. The van der Waals surface area contributed by atoms with Gasteiger partial charge in [0.25, 0.3) is 0 Å². The minimum absolute atomic E-state index is 0.287. The van der Waals surface area contributed by atoms with Gasteiger partial charge >= 0.3 is 0 Å². The third kappa shape index (κ3) is 5.70. The molecule has 0 fully saturated rings. The van der Waals surface area contributed by atoms with Crippen LogP contribution in [0.3, 0.4) is 0 Å². The van der Waals surface area contributed by atoms with E-state index in [-0.39, 0.29) is 6.54 Å². The fourth-order valence-electron chi connectivity index (χ4n) is 2.14. The van der Waals surface area contributed by atoms with Crippen molar-refractivity contribution >= 4 is 29.2 Å². The summed E-state index contributed by atoms with van der Waals surface area (Å²) < 4.78 is 1.73. The molecule has 24 heavy (non-hydrogen) atoms. The van der Waals surface area contributed by atoms with Crippen LogP contribution in [0.2, 0.25) is 10.0 Å². The number of aryl methyl sites for hydroxylation is 1. The number of rotatable bonds is 6. The summed E-state index contributed by atoms with van der Waals surface area (Å²) in [5.74, 6) is 0.619. The maximum absolute atomic E-state index is 10.3. The smallest absolute Gasteiger partial charge is 0.191 e. The molecule has 0 bridgehead atoms. The van der Waals surface area contributed by atoms with Crippen molar-refractivity contribution in [3.8, 4) is 0 Å². The largest absolute Gasteiger partial charge is 0.387 e. The SMILES string of the molecule is CCNC(=NCc1cnn(C)c1)NCC(O)c1cc(Cl)cc(Cl)c1. The Bertz CT molecular complexity index is 681. The topological polar surface area (TPSA) is 74.5 Å². The monoisotopic (exact) mass is 369 g/mol. The van der Waals surface area contributed by atoms with E-state index in [2.05, 4.69) is 20.7 Å². The highest BCUT2D eigenvalue weighted by molar-refractivity contribution is 6.34. The number of halogens is 2. The van der Waals surface area contributed by atoms with Crippen molar-refractivity contribution in [2.75, 3.05) is 13.1 Å². The van der Waals surface area contributed by atoms with Crippen LogP contribution in [-0.4, -0.2) is 33.9 Å². The number of hydrogen-bond acceptors (Lipinski definition) is 3. The molecule has 6 nitrogen and oxygen atoms in total. The summed E-state index contributed by atoms with van der Waals surface area (Å²) in [6, 6.07) is 5.02. The molecule has 0 aliphatic heterocycles. The molecule has 8 heteroatoms. The molecular formula is C16H21Cl2N5O. The molecule has 0 saturated heterocycles. The van der Waals surface area contributed by atoms with Gasteiger partial charge in [0.05, 0.1) is 18.8 Å². The first-order valence-electron chi connectivity index (χ1n) is 7.61. The molecular weight excluding hydrogens is 349 g/mol. The Hall–Kier alpha value is -1.76. The van der Waals surface area contributed by atoms with Gasteiger partial charge in [-0.3, -0.25) is 4.68 Å². The lowest BCUT2D eigenvalue weighted by Gasteiger charge is -2.16. The summed E-state index contributed by atoms with van der Waals surface area (Å²) in [7, 11) is 1.86. The summed E-state index contributed by atoms with van der Waals surface area (Å²) >= 11 is 11.9. The Labute approximate surface area is 151 Å². The summed E-state index contributed by atoms with van der Waals surface area (Å²) in [4.78, 5) is 4.48. The van der Waals surface area contributed by atoms with Crippen LogP contribution in [0.25, 0.3) is 0 Å². The van der Waals surface area contributed by atoms with Crippen LogP contribution in [-0.2, 0) is 13.6 Å². The van der Waals surface area contributed by atoms with Crippen LogP contribution in [0.4, 0.5) is 0 Å². The van der Waals surface area contributed by atoms with Crippen LogP contribution in [0.1, 0.15) is 24.2 Å². The van der Waals surface area contributed by atoms with Gasteiger partial charge in [-0.15, -0.1) is 0 Å². The Morgan fingerprint density at radius 2 is 2.00 bits per heavy atom. The van der Waals surface area contributed by atoms with Gasteiger partial charge in [-0.1, -0.05) is 23.2 Å².